The van der Waals surface area contributed by atoms with E-state index in [9.17, 15) is 18.4 Å². The number of hydrogen-bond acceptors (Lipinski definition) is 5. The number of aromatic nitrogens is 3. The van der Waals surface area contributed by atoms with E-state index < -0.39 is 23.7 Å². The van der Waals surface area contributed by atoms with Crippen LogP contribution in [0.4, 0.5) is 18.4 Å². The predicted molar refractivity (Wildman–Crippen MR) is 130 cm³/mol. The topological polar surface area (TPSA) is 101 Å². The molecular formula is C25H36F2N6O3. The Morgan fingerprint density at radius 3 is 2.72 bits per heavy atom. The maximum Gasteiger partial charge on any atom is 0.408 e. The van der Waals surface area contributed by atoms with E-state index in [1.54, 1.807) is 42.6 Å². The van der Waals surface area contributed by atoms with Crippen molar-refractivity contribution in [2.24, 2.45) is 5.92 Å². The summed E-state index contributed by atoms with van der Waals surface area (Å²) in [5.41, 5.74) is 1.24. The molecule has 2 aromatic heterocycles. The summed E-state index contributed by atoms with van der Waals surface area (Å²) in [6.45, 7) is 8.37. The second-order valence-corrected chi connectivity index (χ2v) is 11.1. The highest BCUT2D eigenvalue weighted by molar-refractivity contribution is 5.74. The maximum absolute atomic E-state index is 13.8. The standard InChI is InChI=1S/C25H36F2N6O3/c1-16-6-5-11-32(22(34)29-16)14-17-12-20-30-19(15-33(20)28-13-17)21(31-23(35)36-24(2,3)4)18-7-9-25(26,27)10-8-18/h12-13,15-16,18,21H,5-11,14H2,1-4H3,(H,29,34)(H,31,35)/t16?,21-/m0/s1. The number of rotatable bonds is 5. The lowest BCUT2D eigenvalue weighted by Crippen LogP contribution is -2.40. The molecule has 36 heavy (non-hydrogen) atoms. The van der Waals surface area contributed by atoms with E-state index in [1.807, 2.05) is 13.0 Å². The third-order valence-corrected chi connectivity index (χ3v) is 6.72. The van der Waals surface area contributed by atoms with E-state index in [-0.39, 0.29) is 43.7 Å². The molecule has 2 N–H and O–H groups in total. The summed E-state index contributed by atoms with van der Waals surface area (Å²) >= 11 is 0. The van der Waals surface area contributed by atoms with Crippen LogP contribution in [0.25, 0.3) is 5.65 Å². The van der Waals surface area contributed by atoms with Crippen molar-refractivity contribution in [1.82, 2.24) is 30.1 Å². The number of alkyl carbamates (subject to hydrolysis) is 1. The van der Waals surface area contributed by atoms with Crippen LogP contribution in [-0.2, 0) is 11.3 Å². The molecule has 2 aromatic rings. The monoisotopic (exact) mass is 506 g/mol. The third kappa shape index (κ3) is 6.61. The average molecular weight is 507 g/mol. The van der Waals surface area contributed by atoms with Gasteiger partial charge in [-0.3, -0.25) is 0 Å². The summed E-state index contributed by atoms with van der Waals surface area (Å²) in [5.74, 6) is -2.89. The molecule has 0 spiro atoms. The number of hydrogen-bond donors (Lipinski definition) is 2. The smallest absolute Gasteiger partial charge is 0.408 e. The van der Waals surface area contributed by atoms with E-state index in [0.29, 0.717) is 24.4 Å². The summed E-state index contributed by atoms with van der Waals surface area (Å²) in [6.07, 6.45) is 4.73. The van der Waals surface area contributed by atoms with Gasteiger partial charge in [0.05, 0.1) is 24.1 Å². The van der Waals surface area contributed by atoms with Crippen LogP contribution < -0.4 is 10.6 Å². The van der Waals surface area contributed by atoms with Gasteiger partial charge in [-0.15, -0.1) is 0 Å². The van der Waals surface area contributed by atoms with Gasteiger partial charge in [-0.1, -0.05) is 0 Å². The Kier molecular flexibility index (Phi) is 7.38. The number of urea groups is 1. The van der Waals surface area contributed by atoms with Crippen molar-refractivity contribution in [2.45, 2.75) is 96.4 Å². The molecule has 1 aliphatic heterocycles. The Bertz CT molecular complexity index is 1090. The highest BCUT2D eigenvalue weighted by Crippen LogP contribution is 2.41. The molecule has 1 saturated carbocycles. The maximum atomic E-state index is 13.8. The number of fused-ring (bicyclic) bond motifs is 1. The van der Waals surface area contributed by atoms with Gasteiger partial charge in [0, 0.05) is 32.0 Å². The van der Waals surface area contributed by atoms with Crippen molar-refractivity contribution in [2.75, 3.05) is 6.54 Å². The molecule has 2 aliphatic rings. The van der Waals surface area contributed by atoms with Crippen molar-refractivity contribution in [3.8, 4) is 0 Å². The van der Waals surface area contributed by atoms with Crippen LogP contribution >= 0.6 is 0 Å². The third-order valence-electron chi connectivity index (χ3n) is 6.72. The predicted octanol–water partition coefficient (Wildman–Crippen LogP) is 4.81. The Morgan fingerprint density at radius 2 is 2.03 bits per heavy atom. The van der Waals surface area contributed by atoms with Crippen molar-refractivity contribution < 1.29 is 23.1 Å². The van der Waals surface area contributed by atoms with Gasteiger partial charge in [0.2, 0.25) is 5.92 Å². The molecule has 0 aromatic carbocycles. The molecule has 3 heterocycles. The van der Waals surface area contributed by atoms with Crippen LogP contribution in [0, 0.1) is 5.92 Å². The zero-order valence-corrected chi connectivity index (χ0v) is 21.4. The number of nitrogens with zero attached hydrogens (tertiary/aromatic N) is 4. The number of carbonyl (C=O) groups is 2. The van der Waals surface area contributed by atoms with Crippen LogP contribution in [0.2, 0.25) is 0 Å². The first-order valence-corrected chi connectivity index (χ1v) is 12.7. The molecule has 0 bridgehead atoms. The Balaban J connectivity index is 1.55. The lowest BCUT2D eigenvalue weighted by atomic mass is 9.81. The van der Waals surface area contributed by atoms with Crippen LogP contribution in [0.15, 0.2) is 18.5 Å². The van der Waals surface area contributed by atoms with E-state index in [2.05, 4.69) is 15.7 Å². The van der Waals surface area contributed by atoms with Gasteiger partial charge in [-0.25, -0.2) is 27.9 Å². The number of amides is 3. The lowest BCUT2D eigenvalue weighted by Gasteiger charge is -2.33. The van der Waals surface area contributed by atoms with E-state index in [0.717, 1.165) is 18.4 Å². The highest BCUT2D eigenvalue weighted by atomic mass is 19.3. The van der Waals surface area contributed by atoms with E-state index >= 15 is 0 Å². The van der Waals surface area contributed by atoms with Crippen LogP contribution in [0.5, 0.6) is 0 Å². The first-order valence-electron chi connectivity index (χ1n) is 12.7. The number of alkyl halides is 2. The second-order valence-electron chi connectivity index (χ2n) is 11.1. The van der Waals surface area contributed by atoms with E-state index in [1.165, 1.54) is 0 Å². The molecule has 0 radical (unpaired) electrons. The number of nitrogens with one attached hydrogen (secondary N) is 2. The molecule has 198 valence electrons. The van der Waals surface area contributed by atoms with Crippen LogP contribution in [0.3, 0.4) is 0 Å². The van der Waals surface area contributed by atoms with Gasteiger partial charge in [0.15, 0.2) is 5.65 Å². The van der Waals surface area contributed by atoms with Gasteiger partial charge >= 0.3 is 12.1 Å². The first-order chi connectivity index (χ1) is 16.9. The minimum atomic E-state index is -2.68. The summed E-state index contributed by atoms with van der Waals surface area (Å²) in [6, 6.07) is 1.32. The average Bonchev–Trinajstić information content (AvgIpc) is 3.11. The van der Waals surface area contributed by atoms with Gasteiger partial charge < -0.3 is 20.3 Å². The summed E-state index contributed by atoms with van der Waals surface area (Å²) in [4.78, 5) is 31.5. The Morgan fingerprint density at radius 1 is 1.31 bits per heavy atom. The SMILES string of the molecule is CC1CCCN(Cc2cnn3cc([C@@H](NC(=O)OC(C)(C)C)C4CCC(F)(F)CC4)nc3c2)C(=O)N1. The molecule has 2 atom stereocenters. The zero-order valence-electron chi connectivity index (χ0n) is 21.4. The minimum absolute atomic E-state index is 0.0976. The fraction of sp³-hybridized carbons (Fsp3) is 0.680. The number of carbonyl (C=O) groups excluding carboxylic acids is 2. The number of ether oxygens (including phenoxy) is 1. The van der Waals surface area contributed by atoms with Crippen LogP contribution in [0.1, 0.15) is 83.5 Å². The summed E-state index contributed by atoms with van der Waals surface area (Å²) in [7, 11) is 0. The molecule has 1 aliphatic carbocycles. The number of halogens is 2. The second kappa shape index (κ2) is 10.2. The molecule has 4 rings (SSSR count). The van der Waals surface area contributed by atoms with Gasteiger partial charge in [-0.2, -0.15) is 5.10 Å². The molecule has 3 amide bonds. The fourth-order valence-corrected chi connectivity index (χ4v) is 4.87. The largest absolute Gasteiger partial charge is 0.444 e. The van der Waals surface area contributed by atoms with Crippen molar-refractivity contribution in [3.05, 3.63) is 29.7 Å². The summed E-state index contributed by atoms with van der Waals surface area (Å²) in [5, 5.41) is 10.3. The van der Waals surface area contributed by atoms with Crippen molar-refractivity contribution >= 4 is 17.8 Å². The number of imidazole rings is 1. The van der Waals surface area contributed by atoms with E-state index in [4.69, 9.17) is 9.72 Å². The highest BCUT2D eigenvalue weighted by Gasteiger charge is 2.39. The molecular weight excluding hydrogens is 470 g/mol. The fourth-order valence-electron chi connectivity index (χ4n) is 4.87. The van der Waals surface area contributed by atoms with Gasteiger partial charge in [0.25, 0.3) is 0 Å². The summed E-state index contributed by atoms with van der Waals surface area (Å²) < 4.78 is 34.7. The quantitative estimate of drug-likeness (QED) is 0.606. The Labute approximate surface area is 210 Å². The molecule has 2 fully saturated rings. The lowest BCUT2D eigenvalue weighted by molar-refractivity contribution is -0.0500. The van der Waals surface area contributed by atoms with Crippen molar-refractivity contribution in [3.63, 3.8) is 0 Å². The van der Waals surface area contributed by atoms with Crippen LogP contribution in [-0.4, -0.2) is 55.7 Å². The van der Waals surface area contributed by atoms with Gasteiger partial charge in [0.1, 0.15) is 5.60 Å². The Hall–Kier alpha value is -2.98. The minimum Gasteiger partial charge on any atom is -0.444 e. The van der Waals surface area contributed by atoms with Crippen molar-refractivity contribution in [1.29, 1.82) is 0 Å². The van der Waals surface area contributed by atoms with Gasteiger partial charge in [-0.05, 0) is 70.9 Å². The normalized spacial score (nSPS) is 22.1. The molecule has 11 heteroatoms. The zero-order chi connectivity index (χ0) is 26.1. The first kappa shape index (κ1) is 26.1. The molecule has 1 saturated heterocycles. The molecule has 1 unspecified atom stereocenters. The molecule has 9 nitrogen and oxygen atoms in total.